The molecule has 9 heteroatoms. The highest BCUT2D eigenvalue weighted by Gasteiger charge is 2.27. The number of sulfonamides is 1. The van der Waals surface area contributed by atoms with Gasteiger partial charge in [-0.2, -0.15) is 5.10 Å². The highest BCUT2D eigenvalue weighted by atomic mass is 32.2. The molecule has 1 aliphatic heterocycles. The number of carbonyl (C=O) groups is 1. The molecule has 1 aromatic carbocycles. The largest absolute Gasteiger partial charge is 0.339 e. The molecule has 0 unspecified atom stereocenters. The number of piperidine rings is 1. The van der Waals surface area contributed by atoms with Gasteiger partial charge >= 0.3 is 0 Å². The standard InChI is InChI=1S/C21H24N4O3S2/c1-15-14-16(2)25(22-15)19-7-5-17(6-8-19)21(26)24-11-9-18(10-12-24)23-30(27,28)20-4-3-13-29-20/h3-8,13-14,18,23H,9-12H2,1-2H3. The third-order valence-corrected chi connectivity index (χ3v) is 8.15. The van der Waals surface area contributed by atoms with Crippen LogP contribution in [0.4, 0.5) is 0 Å². The normalized spacial score (nSPS) is 15.5. The van der Waals surface area contributed by atoms with Crippen LogP contribution in [0.2, 0.25) is 0 Å². The highest BCUT2D eigenvalue weighted by Crippen LogP contribution is 2.20. The van der Waals surface area contributed by atoms with Crippen molar-refractivity contribution in [1.29, 1.82) is 0 Å². The number of amides is 1. The molecule has 2 aromatic heterocycles. The lowest BCUT2D eigenvalue weighted by atomic mass is 10.0. The van der Waals surface area contributed by atoms with Gasteiger partial charge in [0.05, 0.1) is 11.4 Å². The summed E-state index contributed by atoms with van der Waals surface area (Å²) in [5.74, 6) is -0.0329. The molecule has 30 heavy (non-hydrogen) atoms. The summed E-state index contributed by atoms with van der Waals surface area (Å²) in [6.45, 7) is 4.99. The topological polar surface area (TPSA) is 84.3 Å². The van der Waals surface area contributed by atoms with Crippen molar-refractivity contribution in [2.24, 2.45) is 0 Å². The number of benzene rings is 1. The average molecular weight is 445 g/mol. The maximum Gasteiger partial charge on any atom is 0.253 e. The Balaban J connectivity index is 1.37. The van der Waals surface area contributed by atoms with Crippen molar-refractivity contribution in [3.05, 3.63) is 64.8 Å². The molecule has 4 rings (SSSR count). The maximum absolute atomic E-state index is 12.9. The SMILES string of the molecule is Cc1cc(C)n(-c2ccc(C(=O)N3CCC(NS(=O)(=O)c4cccs4)CC3)cc2)n1. The van der Waals surface area contributed by atoms with Crippen molar-refractivity contribution < 1.29 is 13.2 Å². The van der Waals surface area contributed by atoms with Gasteiger partial charge in [-0.1, -0.05) is 6.07 Å². The summed E-state index contributed by atoms with van der Waals surface area (Å²) in [6, 6.07) is 12.6. The van der Waals surface area contributed by atoms with E-state index in [1.807, 2.05) is 48.9 Å². The lowest BCUT2D eigenvalue weighted by Crippen LogP contribution is -2.46. The van der Waals surface area contributed by atoms with Crippen molar-refractivity contribution in [2.75, 3.05) is 13.1 Å². The zero-order valence-electron chi connectivity index (χ0n) is 16.9. The third kappa shape index (κ3) is 4.33. The Morgan fingerprint density at radius 3 is 2.40 bits per heavy atom. The Kier molecular flexibility index (Phi) is 5.77. The molecule has 0 spiro atoms. The molecule has 1 aliphatic rings. The van der Waals surface area contributed by atoms with E-state index in [2.05, 4.69) is 9.82 Å². The van der Waals surface area contributed by atoms with Gasteiger partial charge in [0.2, 0.25) is 10.0 Å². The van der Waals surface area contributed by atoms with Crippen molar-refractivity contribution in [3.63, 3.8) is 0 Å². The average Bonchev–Trinajstić information content (AvgIpc) is 3.38. The predicted octanol–water partition coefficient (Wildman–Crippen LogP) is 3.13. The van der Waals surface area contributed by atoms with Gasteiger partial charge < -0.3 is 4.90 Å². The molecule has 3 aromatic rings. The zero-order valence-corrected chi connectivity index (χ0v) is 18.5. The molecule has 1 N–H and O–H groups in total. The molecule has 158 valence electrons. The fourth-order valence-corrected chi connectivity index (χ4v) is 6.03. The van der Waals surface area contributed by atoms with Crippen LogP contribution in [-0.4, -0.2) is 48.1 Å². The number of nitrogens with one attached hydrogen (secondary N) is 1. The summed E-state index contributed by atoms with van der Waals surface area (Å²) >= 11 is 1.20. The van der Waals surface area contributed by atoms with E-state index >= 15 is 0 Å². The van der Waals surface area contributed by atoms with Crippen LogP contribution >= 0.6 is 11.3 Å². The molecule has 3 heterocycles. The molecule has 0 radical (unpaired) electrons. The van der Waals surface area contributed by atoms with E-state index in [1.165, 1.54) is 11.3 Å². The number of aromatic nitrogens is 2. The number of carbonyl (C=O) groups excluding carboxylic acids is 1. The molecule has 0 aliphatic carbocycles. The summed E-state index contributed by atoms with van der Waals surface area (Å²) in [5, 5.41) is 6.21. The minimum Gasteiger partial charge on any atom is -0.339 e. The van der Waals surface area contributed by atoms with Crippen LogP contribution < -0.4 is 4.72 Å². The smallest absolute Gasteiger partial charge is 0.253 e. The minimum atomic E-state index is -3.48. The number of hydrogen-bond donors (Lipinski definition) is 1. The van der Waals surface area contributed by atoms with E-state index in [0.29, 0.717) is 35.7 Å². The second kappa shape index (κ2) is 8.33. The van der Waals surface area contributed by atoms with E-state index in [9.17, 15) is 13.2 Å². The third-order valence-electron chi connectivity index (χ3n) is 5.23. The Morgan fingerprint density at radius 1 is 1.13 bits per heavy atom. The summed E-state index contributed by atoms with van der Waals surface area (Å²) < 4.78 is 29.7. The second-order valence-electron chi connectivity index (χ2n) is 7.51. The summed E-state index contributed by atoms with van der Waals surface area (Å²) in [7, 11) is -3.48. The number of hydrogen-bond acceptors (Lipinski definition) is 5. The second-order valence-corrected chi connectivity index (χ2v) is 10.4. The van der Waals surface area contributed by atoms with Gasteiger partial charge in [0.1, 0.15) is 4.21 Å². The van der Waals surface area contributed by atoms with Gasteiger partial charge in [-0.15, -0.1) is 11.3 Å². The van der Waals surface area contributed by atoms with Gasteiger partial charge in [-0.3, -0.25) is 4.79 Å². The van der Waals surface area contributed by atoms with Crippen molar-refractivity contribution in [2.45, 2.75) is 36.9 Å². The quantitative estimate of drug-likeness (QED) is 0.655. The van der Waals surface area contributed by atoms with Crippen molar-refractivity contribution >= 4 is 27.3 Å². The fourth-order valence-electron chi connectivity index (χ4n) is 3.71. The molecule has 1 amide bonds. The number of likely N-dealkylation sites (tertiary alicyclic amines) is 1. The molecule has 0 bridgehead atoms. The zero-order chi connectivity index (χ0) is 21.3. The number of aryl methyl sites for hydroxylation is 2. The predicted molar refractivity (Wildman–Crippen MR) is 117 cm³/mol. The molecular formula is C21H24N4O3S2. The first-order valence-corrected chi connectivity index (χ1v) is 12.2. The lowest BCUT2D eigenvalue weighted by Gasteiger charge is -2.32. The van der Waals surface area contributed by atoms with Gasteiger partial charge in [-0.05, 0) is 68.5 Å². The van der Waals surface area contributed by atoms with Crippen LogP contribution in [0.5, 0.6) is 0 Å². The van der Waals surface area contributed by atoms with Crippen molar-refractivity contribution in [1.82, 2.24) is 19.4 Å². The summed E-state index contributed by atoms with van der Waals surface area (Å²) in [5.41, 5.74) is 3.53. The molecule has 7 nitrogen and oxygen atoms in total. The van der Waals surface area contributed by atoms with E-state index < -0.39 is 10.0 Å². The van der Waals surface area contributed by atoms with Gasteiger partial charge in [0.15, 0.2) is 0 Å². The number of nitrogens with zero attached hydrogens (tertiary/aromatic N) is 3. The molecule has 1 fully saturated rings. The van der Waals surface area contributed by atoms with Crippen LogP contribution in [0.15, 0.2) is 52.1 Å². The van der Waals surface area contributed by atoms with Crippen LogP contribution in [0, 0.1) is 13.8 Å². The van der Waals surface area contributed by atoms with E-state index in [4.69, 9.17) is 0 Å². The van der Waals surface area contributed by atoms with Crippen LogP contribution in [-0.2, 0) is 10.0 Å². The molecule has 0 saturated carbocycles. The Morgan fingerprint density at radius 2 is 1.83 bits per heavy atom. The Labute approximate surface area is 180 Å². The molecule has 0 atom stereocenters. The molecular weight excluding hydrogens is 420 g/mol. The first-order valence-electron chi connectivity index (χ1n) is 9.82. The van der Waals surface area contributed by atoms with Crippen LogP contribution in [0.25, 0.3) is 5.69 Å². The Bertz CT molecular complexity index is 1130. The van der Waals surface area contributed by atoms with Gasteiger partial charge in [0.25, 0.3) is 5.91 Å². The van der Waals surface area contributed by atoms with Gasteiger partial charge in [0, 0.05) is 30.4 Å². The first kappa shape index (κ1) is 20.8. The van der Waals surface area contributed by atoms with Gasteiger partial charge in [-0.25, -0.2) is 17.8 Å². The highest BCUT2D eigenvalue weighted by molar-refractivity contribution is 7.91. The molecule has 1 saturated heterocycles. The van der Waals surface area contributed by atoms with Crippen LogP contribution in [0.1, 0.15) is 34.6 Å². The van der Waals surface area contributed by atoms with E-state index in [0.717, 1.165) is 17.1 Å². The summed E-state index contributed by atoms with van der Waals surface area (Å²) in [6.07, 6.45) is 1.19. The first-order chi connectivity index (χ1) is 14.3. The fraction of sp³-hybridized carbons (Fsp3) is 0.333. The minimum absolute atomic E-state index is 0.0329. The van der Waals surface area contributed by atoms with Crippen molar-refractivity contribution in [3.8, 4) is 5.69 Å². The van der Waals surface area contributed by atoms with E-state index in [-0.39, 0.29) is 11.9 Å². The lowest BCUT2D eigenvalue weighted by molar-refractivity contribution is 0.0711. The number of rotatable bonds is 5. The number of thiophene rings is 1. The van der Waals surface area contributed by atoms with Crippen LogP contribution in [0.3, 0.4) is 0 Å². The maximum atomic E-state index is 12.9. The Hall–Kier alpha value is -2.49. The summed E-state index contributed by atoms with van der Waals surface area (Å²) in [4.78, 5) is 14.6. The van der Waals surface area contributed by atoms with E-state index in [1.54, 1.807) is 22.4 Å². The monoisotopic (exact) mass is 444 g/mol.